The third kappa shape index (κ3) is 3.57. The van der Waals surface area contributed by atoms with Gasteiger partial charge in [-0.05, 0) is 19.3 Å². The number of methoxy groups -OCH3 is 1. The molecule has 1 N–H and O–H groups in total. The van der Waals surface area contributed by atoms with Crippen molar-refractivity contribution in [2.75, 3.05) is 25.1 Å². The molecule has 124 valence electrons. The molecule has 1 aliphatic rings. The number of rotatable bonds is 5. The highest BCUT2D eigenvalue weighted by atomic mass is 16.5. The predicted molar refractivity (Wildman–Crippen MR) is 91.3 cm³/mol. The van der Waals surface area contributed by atoms with Gasteiger partial charge < -0.3 is 15.0 Å². The lowest BCUT2D eigenvalue weighted by atomic mass is 9.93. The average molecular weight is 306 g/mol. The molecule has 0 aliphatic carbocycles. The molecular weight excluding hydrogens is 276 g/mol. The van der Waals surface area contributed by atoms with Gasteiger partial charge in [0, 0.05) is 37.8 Å². The molecule has 0 unspecified atom stereocenters. The maximum atomic E-state index is 5.49. The van der Waals surface area contributed by atoms with Gasteiger partial charge in [0.1, 0.15) is 5.82 Å². The second-order valence-corrected chi connectivity index (χ2v) is 7.06. The zero-order valence-corrected chi connectivity index (χ0v) is 14.7. The quantitative estimate of drug-likeness (QED) is 0.908. The fourth-order valence-electron chi connectivity index (χ4n) is 2.82. The number of aromatic nitrogens is 2. The summed E-state index contributed by atoms with van der Waals surface area (Å²) in [6, 6.07) is 0. The summed E-state index contributed by atoms with van der Waals surface area (Å²) in [6.07, 6.45) is 3.81. The summed E-state index contributed by atoms with van der Waals surface area (Å²) in [4.78, 5) is 2.43. The zero-order valence-electron chi connectivity index (χ0n) is 14.7. The van der Waals surface area contributed by atoms with E-state index in [0.29, 0.717) is 12.4 Å². The van der Waals surface area contributed by atoms with Crippen LogP contribution in [0.2, 0.25) is 0 Å². The Balaban J connectivity index is 2.22. The van der Waals surface area contributed by atoms with Crippen LogP contribution < -0.4 is 15.0 Å². The van der Waals surface area contributed by atoms with E-state index in [4.69, 9.17) is 4.74 Å². The van der Waals surface area contributed by atoms with Crippen molar-refractivity contribution in [3.05, 3.63) is 17.8 Å². The standard InChI is InChI=1S/C17H30N4O/c1-13(17(2,3)4)18-12-14-15(22-6)19-20(5)16(14)21-10-8-7-9-11-21/h18H,1,7-12H2,2-6H3. The van der Waals surface area contributed by atoms with Gasteiger partial charge in [-0.2, -0.15) is 0 Å². The first-order chi connectivity index (χ1) is 10.3. The van der Waals surface area contributed by atoms with Crippen molar-refractivity contribution < 1.29 is 4.74 Å². The van der Waals surface area contributed by atoms with E-state index >= 15 is 0 Å². The van der Waals surface area contributed by atoms with Gasteiger partial charge >= 0.3 is 0 Å². The van der Waals surface area contributed by atoms with E-state index in [2.05, 4.69) is 42.7 Å². The Morgan fingerprint density at radius 2 is 1.91 bits per heavy atom. The molecule has 1 aliphatic heterocycles. The molecule has 0 spiro atoms. The maximum Gasteiger partial charge on any atom is 0.239 e. The van der Waals surface area contributed by atoms with Crippen LogP contribution in [-0.4, -0.2) is 30.0 Å². The van der Waals surface area contributed by atoms with Crippen molar-refractivity contribution >= 4 is 5.82 Å². The Bertz CT molecular complexity index is 521. The number of allylic oxidation sites excluding steroid dienone is 1. The molecule has 0 radical (unpaired) electrons. The van der Waals surface area contributed by atoms with E-state index in [1.54, 1.807) is 7.11 Å². The minimum atomic E-state index is 0.0424. The number of ether oxygens (including phenoxy) is 1. The minimum absolute atomic E-state index is 0.0424. The number of hydrogen-bond donors (Lipinski definition) is 1. The normalized spacial score (nSPS) is 15.8. The molecule has 2 heterocycles. The maximum absolute atomic E-state index is 5.49. The van der Waals surface area contributed by atoms with Crippen LogP contribution in [0.4, 0.5) is 5.82 Å². The van der Waals surface area contributed by atoms with Crippen LogP contribution in [0.1, 0.15) is 45.6 Å². The summed E-state index contributed by atoms with van der Waals surface area (Å²) < 4.78 is 7.43. The Kier molecular flexibility index (Phi) is 5.04. The van der Waals surface area contributed by atoms with Crippen LogP contribution in [0.3, 0.4) is 0 Å². The molecule has 0 amide bonds. The summed E-state index contributed by atoms with van der Waals surface area (Å²) in [7, 11) is 3.68. The first-order valence-electron chi connectivity index (χ1n) is 8.12. The van der Waals surface area contributed by atoms with Crippen molar-refractivity contribution in [2.24, 2.45) is 12.5 Å². The predicted octanol–water partition coefficient (Wildman–Crippen LogP) is 3.07. The van der Waals surface area contributed by atoms with Gasteiger partial charge in [-0.25, -0.2) is 4.68 Å². The molecule has 0 saturated carbocycles. The van der Waals surface area contributed by atoms with Gasteiger partial charge in [0.2, 0.25) is 5.88 Å². The Morgan fingerprint density at radius 1 is 1.27 bits per heavy atom. The highest BCUT2D eigenvalue weighted by Gasteiger charge is 2.24. The Hall–Kier alpha value is -1.65. The van der Waals surface area contributed by atoms with Crippen molar-refractivity contribution in [1.82, 2.24) is 15.1 Å². The summed E-state index contributed by atoms with van der Waals surface area (Å²) in [6.45, 7) is 13.5. The van der Waals surface area contributed by atoms with E-state index in [0.717, 1.165) is 24.4 Å². The molecular formula is C17H30N4O. The highest BCUT2D eigenvalue weighted by Crippen LogP contribution is 2.31. The topological polar surface area (TPSA) is 42.3 Å². The number of piperidine rings is 1. The van der Waals surface area contributed by atoms with Gasteiger partial charge in [-0.15, -0.1) is 5.10 Å². The number of anilines is 1. The number of hydrogen-bond acceptors (Lipinski definition) is 4. The molecule has 5 heteroatoms. The SMILES string of the molecule is C=C(NCc1c(OC)nn(C)c1N1CCCCC1)C(C)(C)C. The smallest absolute Gasteiger partial charge is 0.239 e. The molecule has 1 fully saturated rings. The molecule has 0 atom stereocenters. The van der Waals surface area contributed by atoms with Gasteiger partial charge in [-0.3, -0.25) is 0 Å². The summed E-state index contributed by atoms with van der Waals surface area (Å²) in [5.74, 6) is 1.88. The monoisotopic (exact) mass is 306 g/mol. The summed E-state index contributed by atoms with van der Waals surface area (Å²) in [5, 5.41) is 7.98. The molecule has 1 aromatic heterocycles. The minimum Gasteiger partial charge on any atom is -0.480 e. The molecule has 22 heavy (non-hydrogen) atoms. The second kappa shape index (κ2) is 6.63. The first-order valence-corrected chi connectivity index (χ1v) is 8.12. The van der Waals surface area contributed by atoms with Gasteiger partial charge in [0.25, 0.3) is 0 Å². The third-order valence-electron chi connectivity index (χ3n) is 4.31. The lowest BCUT2D eigenvalue weighted by Gasteiger charge is -2.30. The second-order valence-electron chi connectivity index (χ2n) is 7.06. The van der Waals surface area contributed by atoms with Crippen molar-refractivity contribution in [3.63, 3.8) is 0 Å². The van der Waals surface area contributed by atoms with Crippen LogP contribution in [-0.2, 0) is 13.6 Å². The Morgan fingerprint density at radius 3 is 2.45 bits per heavy atom. The largest absolute Gasteiger partial charge is 0.480 e. The number of nitrogens with one attached hydrogen (secondary N) is 1. The summed E-state index contributed by atoms with van der Waals surface area (Å²) >= 11 is 0. The van der Waals surface area contributed by atoms with Gasteiger partial charge in [0.05, 0.1) is 12.7 Å². The fraction of sp³-hybridized carbons (Fsp3) is 0.706. The van der Waals surface area contributed by atoms with E-state index in [1.807, 2.05) is 11.7 Å². The Labute approximate surface area is 134 Å². The van der Waals surface area contributed by atoms with Crippen LogP contribution >= 0.6 is 0 Å². The van der Waals surface area contributed by atoms with Crippen LogP contribution in [0, 0.1) is 5.41 Å². The molecule has 1 saturated heterocycles. The van der Waals surface area contributed by atoms with Crippen LogP contribution in [0.5, 0.6) is 5.88 Å². The zero-order chi connectivity index (χ0) is 16.3. The van der Waals surface area contributed by atoms with Crippen molar-refractivity contribution in [2.45, 2.75) is 46.6 Å². The number of aryl methyl sites for hydroxylation is 1. The molecule has 1 aromatic rings. The molecule has 0 bridgehead atoms. The van der Waals surface area contributed by atoms with Gasteiger partial charge in [-0.1, -0.05) is 27.4 Å². The van der Waals surface area contributed by atoms with Crippen molar-refractivity contribution in [1.29, 1.82) is 0 Å². The van der Waals surface area contributed by atoms with E-state index in [-0.39, 0.29) is 5.41 Å². The lowest BCUT2D eigenvalue weighted by molar-refractivity contribution is 0.385. The van der Waals surface area contributed by atoms with Crippen LogP contribution in [0.15, 0.2) is 12.3 Å². The van der Waals surface area contributed by atoms with E-state index in [1.165, 1.54) is 25.1 Å². The van der Waals surface area contributed by atoms with E-state index < -0.39 is 0 Å². The van der Waals surface area contributed by atoms with Crippen LogP contribution in [0.25, 0.3) is 0 Å². The van der Waals surface area contributed by atoms with Gasteiger partial charge in [0.15, 0.2) is 0 Å². The number of nitrogens with zero attached hydrogens (tertiary/aromatic N) is 3. The molecule has 2 rings (SSSR count). The third-order valence-corrected chi connectivity index (χ3v) is 4.31. The lowest BCUT2D eigenvalue weighted by Crippen LogP contribution is -2.32. The first kappa shape index (κ1) is 16.7. The molecule has 5 nitrogen and oxygen atoms in total. The highest BCUT2D eigenvalue weighted by molar-refractivity contribution is 5.53. The average Bonchev–Trinajstić information content (AvgIpc) is 2.80. The van der Waals surface area contributed by atoms with Crippen molar-refractivity contribution in [3.8, 4) is 5.88 Å². The fourth-order valence-corrected chi connectivity index (χ4v) is 2.82. The summed E-state index contributed by atoms with van der Waals surface area (Å²) in [5.41, 5.74) is 2.20. The molecule has 0 aromatic carbocycles. The van der Waals surface area contributed by atoms with E-state index in [9.17, 15) is 0 Å².